The van der Waals surface area contributed by atoms with Gasteiger partial charge >= 0.3 is 0 Å². The third kappa shape index (κ3) is 5.83. The zero-order valence-electron chi connectivity index (χ0n) is 20.0. The van der Waals surface area contributed by atoms with Gasteiger partial charge < -0.3 is 14.8 Å². The topological polar surface area (TPSA) is 91.6 Å². The van der Waals surface area contributed by atoms with Crippen molar-refractivity contribution >= 4 is 43.4 Å². The normalized spacial score (nSPS) is 12.3. The minimum Gasteiger partial charge on any atom is -0.492 e. The van der Waals surface area contributed by atoms with E-state index in [2.05, 4.69) is 44.0 Å². The van der Waals surface area contributed by atoms with E-state index in [9.17, 15) is 15.2 Å². The lowest BCUT2D eigenvalue weighted by molar-refractivity contribution is -0.385. The molecule has 1 heterocycles. The van der Waals surface area contributed by atoms with Crippen molar-refractivity contribution in [2.75, 3.05) is 19.7 Å². The molecule has 0 unspecified atom stereocenters. The van der Waals surface area contributed by atoms with Crippen LogP contribution in [-0.2, 0) is 6.54 Å². The third-order valence-corrected chi connectivity index (χ3v) is 7.06. The van der Waals surface area contributed by atoms with Gasteiger partial charge in [-0.05, 0) is 51.3 Å². The molecule has 188 valence electrons. The summed E-state index contributed by atoms with van der Waals surface area (Å²) in [6.45, 7) is 1.90. The summed E-state index contributed by atoms with van der Waals surface area (Å²) in [5.74, 6) is 0.766. The Bertz CT molecular complexity index is 1540. The number of aromatic amines is 1. The van der Waals surface area contributed by atoms with Gasteiger partial charge in [-0.25, -0.2) is 0 Å². The number of para-hydroxylation sites is 1. The van der Waals surface area contributed by atoms with E-state index in [0.29, 0.717) is 36.3 Å². The van der Waals surface area contributed by atoms with Crippen molar-refractivity contribution in [3.05, 3.63) is 117 Å². The molecule has 5 rings (SSSR count). The largest absolute Gasteiger partial charge is 0.492 e. The number of ether oxygens (including phenoxy) is 1. The van der Waals surface area contributed by atoms with Gasteiger partial charge in [0.05, 0.1) is 21.0 Å². The second kappa shape index (κ2) is 11.1. The molecule has 0 radical (unpaired) electrons. The smallest absolute Gasteiger partial charge is 0.283 e. The zero-order valence-corrected chi connectivity index (χ0v) is 21.6. The van der Waals surface area contributed by atoms with Gasteiger partial charge in [-0.1, -0.05) is 54.6 Å². The molecule has 0 amide bonds. The molecule has 0 aliphatic carbocycles. The van der Waals surface area contributed by atoms with E-state index in [1.165, 1.54) is 11.5 Å². The summed E-state index contributed by atoms with van der Waals surface area (Å²) >= 11 is 3.20. The molecule has 8 heteroatoms. The first-order chi connectivity index (χ1) is 18.0. The van der Waals surface area contributed by atoms with Crippen molar-refractivity contribution in [2.24, 2.45) is 0 Å². The molecule has 1 atom stereocenters. The Hall–Kier alpha value is -3.72. The molecule has 0 aliphatic heterocycles. The molecule has 5 aromatic rings. The van der Waals surface area contributed by atoms with Crippen LogP contribution < -0.4 is 4.74 Å². The predicted molar refractivity (Wildman–Crippen MR) is 149 cm³/mol. The standard InChI is InChI=1S/C29H26BrN3O4/c30-25-13-10-21(16-28(25)33(35)36)29(34)19-32(18-20-6-2-1-3-7-20)14-15-37-22-11-12-24-23-8-4-5-9-26(23)31-27(24)17-22/h1-13,16-17,29,31,34H,14-15,18-19H2/t29-/m0/s1. The molecule has 4 aromatic carbocycles. The molecular weight excluding hydrogens is 534 g/mol. The van der Waals surface area contributed by atoms with Gasteiger partial charge in [-0.2, -0.15) is 0 Å². The summed E-state index contributed by atoms with van der Waals surface area (Å²) in [7, 11) is 0. The number of nitro benzene ring substituents is 1. The number of nitro groups is 1. The lowest BCUT2D eigenvalue weighted by Gasteiger charge is -2.25. The maximum atomic E-state index is 11.3. The first-order valence-corrected chi connectivity index (χ1v) is 12.8. The Kier molecular flexibility index (Phi) is 7.50. The minimum absolute atomic E-state index is 0.0677. The quantitative estimate of drug-likeness (QED) is 0.148. The van der Waals surface area contributed by atoms with Crippen LogP contribution in [-0.4, -0.2) is 39.6 Å². The number of hydrogen-bond acceptors (Lipinski definition) is 5. The van der Waals surface area contributed by atoms with Gasteiger partial charge in [-0.15, -0.1) is 0 Å². The molecule has 37 heavy (non-hydrogen) atoms. The highest BCUT2D eigenvalue weighted by atomic mass is 79.9. The van der Waals surface area contributed by atoms with Crippen LogP contribution in [0.2, 0.25) is 0 Å². The van der Waals surface area contributed by atoms with Gasteiger partial charge in [0.1, 0.15) is 12.4 Å². The second-order valence-corrected chi connectivity index (χ2v) is 9.79. The van der Waals surface area contributed by atoms with Crippen LogP contribution in [0.25, 0.3) is 21.8 Å². The van der Waals surface area contributed by atoms with E-state index < -0.39 is 11.0 Å². The fraction of sp³-hybridized carbons (Fsp3) is 0.172. The average Bonchev–Trinajstić information content (AvgIpc) is 3.27. The van der Waals surface area contributed by atoms with E-state index in [0.717, 1.165) is 27.7 Å². The summed E-state index contributed by atoms with van der Waals surface area (Å²) in [6.07, 6.45) is -0.891. The maximum Gasteiger partial charge on any atom is 0.283 e. The number of halogens is 1. The van der Waals surface area contributed by atoms with Gasteiger partial charge in [0.2, 0.25) is 0 Å². The number of aliphatic hydroxyl groups is 1. The highest BCUT2D eigenvalue weighted by Crippen LogP contribution is 2.30. The molecule has 1 aromatic heterocycles. The van der Waals surface area contributed by atoms with Gasteiger partial charge in [-0.3, -0.25) is 15.0 Å². The van der Waals surface area contributed by atoms with Crippen LogP contribution in [0.4, 0.5) is 5.69 Å². The number of rotatable bonds is 10. The first kappa shape index (κ1) is 25.0. The van der Waals surface area contributed by atoms with Crippen LogP contribution in [0, 0.1) is 10.1 Å². The Morgan fingerprint density at radius 3 is 2.51 bits per heavy atom. The number of nitrogens with one attached hydrogen (secondary N) is 1. The highest BCUT2D eigenvalue weighted by molar-refractivity contribution is 9.10. The van der Waals surface area contributed by atoms with E-state index in [1.807, 2.05) is 54.6 Å². The monoisotopic (exact) mass is 559 g/mol. The Morgan fingerprint density at radius 1 is 0.946 bits per heavy atom. The zero-order chi connectivity index (χ0) is 25.8. The highest BCUT2D eigenvalue weighted by Gasteiger charge is 2.19. The molecule has 0 aliphatic rings. The fourth-order valence-corrected chi connectivity index (χ4v) is 4.91. The number of hydrogen-bond donors (Lipinski definition) is 2. The van der Waals surface area contributed by atoms with E-state index in [1.54, 1.807) is 12.1 Å². The Morgan fingerprint density at radius 2 is 1.70 bits per heavy atom. The van der Waals surface area contributed by atoms with Crippen LogP contribution in [0.15, 0.2) is 95.5 Å². The number of nitrogens with zero attached hydrogens (tertiary/aromatic N) is 2. The van der Waals surface area contributed by atoms with Gasteiger partial charge in [0, 0.05) is 48.1 Å². The third-order valence-electron chi connectivity index (χ3n) is 6.39. The van der Waals surface area contributed by atoms with Crippen LogP contribution >= 0.6 is 15.9 Å². The van der Waals surface area contributed by atoms with Crippen LogP contribution in [0.3, 0.4) is 0 Å². The maximum absolute atomic E-state index is 11.3. The van der Waals surface area contributed by atoms with Gasteiger partial charge in [0.25, 0.3) is 5.69 Å². The summed E-state index contributed by atoms with van der Waals surface area (Å²) in [6, 6.07) is 29.0. The van der Waals surface area contributed by atoms with E-state index in [-0.39, 0.29) is 5.69 Å². The van der Waals surface area contributed by atoms with Crippen molar-refractivity contribution in [1.82, 2.24) is 9.88 Å². The minimum atomic E-state index is -0.891. The molecule has 0 spiro atoms. The summed E-state index contributed by atoms with van der Waals surface area (Å²) in [5, 5.41) is 24.6. The number of fused-ring (bicyclic) bond motifs is 3. The molecule has 0 bridgehead atoms. The van der Waals surface area contributed by atoms with Gasteiger partial charge in [0.15, 0.2) is 0 Å². The second-order valence-electron chi connectivity index (χ2n) is 8.93. The lowest BCUT2D eigenvalue weighted by Crippen LogP contribution is -2.32. The lowest BCUT2D eigenvalue weighted by atomic mass is 10.1. The van der Waals surface area contributed by atoms with Crippen molar-refractivity contribution < 1.29 is 14.8 Å². The summed E-state index contributed by atoms with van der Waals surface area (Å²) in [5.41, 5.74) is 3.65. The predicted octanol–water partition coefficient (Wildman–Crippen LogP) is 6.61. The molecule has 0 saturated carbocycles. The summed E-state index contributed by atoms with van der Waals surface area (Å²) in [4.78, 5) is 16.4. The van der Waals surface area contributed by atoms with Crippen molar-refractivity contribution in [3.63, 3.8) is 0 Å². The van der Waals surface area contributed by atoms with Crippen molar-refractivity contribution in [3.8, 4) is 5.75 Å². The number of H-pyrrole nitrogens is 1. The number of aromatic nitrogens is 1. The van der Waals surface area contributed by atoms with E-state index >= 15 is 0 Å². The molecular formula is C29H26BrN3O4. The Balaban J connectivity index is 1.29. The molecule has 7 nitrogen and oxygen atoms in total. The number of aliphatic hydroxyl groups excluding tert-OH is 1. The molecule has 2 N–H and O–H groups in total. The average molecular weight is 560 g/mol. The SMILES string of the molecule is O=[N+]([O-])c1cc([C@@H](O)CN(CCOc2ccc3c(c2)[nH]c2ccccc23)Cc2ccccc2)ccc1Br. The Labute approximate surface area is 222 Å². The summed E-state index contributed by atoms with van der Waals surface area (Å²) < 4.78 is 6.48. The van der Waals surface area contributed by atoms with Crippen molar-refractivity contribution in [1.29, 1.82) is 0 Å². The van der Waals surface area contributed by atoms with Crippen LogP contribution in [0.5, 0.6) is 5.75 Å². The molecule has 0 saturated heterocycles. The van der Waals surface area contributed by atoms with E-state index in [4.69, 9.17) is 4.74 Å². The first-order valence-electron chi connectivity index (χ1n) is 12.0. The van der Waals surface area contributed by atoms with Crippen molar-refractivity contribution in [2.45, 2.75) is 12.6 Å². The number of benzene rings is 4. The molecule has 0 fully saturated rings. The fourth-order valence-electron chi connectivity index (χ4n) is 4.52. The van der Waals surface area contributed by atoms with Crippen LogP contribution in [0.1, 0.15) is 17.2 Å².